The first kappa shape index (κ1) is 38.6. The topological polar surface area (TPSA) is 86.2 Å². The number of anilines is 1. The van der Waals surface area contributed by atoms with E-state index < -0.39 is 0 Å². The second kappa shape index (κ2) is 17.6. The van der Waals surface area contributed by atoms with Crippen LogP contribution >= 0.6 is 0 Å². The van der Waals surface area contributed by atoms with Crippen LogP contribution in [0.2, 0.25) is 0 Å². The summed E-state index contributed by atoms with van der Waals surface area (Å²) in [5, 5.41) is 38.0. The summed E-state index contributed by atoms with van der Waals surface area (Å²) in [4.78, 5) is 0. The molecule has 7 nitrogen and oxygen atoms in total. The molecule has 0 spiro atoms. The van der Waals surface area contributed by atoms with Crippen LogP contribution in [0.1, 0.15) is 64.4 Å². The zero-order valence-electron chi connectivity index (χ0n) is 34.5. The molecule has 7 heteroatoms. The maximum Gasteiger partial charge on any atom is 0.0936 e. The van der Waals surface area contributed by atoms with Crippen LogP contribution < -0.4 is 5.32 Å². The number of hydrogen-bond donors (Lipinski definition) is 1. The Morgan fingerprint density at radius 3 is 1.28 bits per heavy atom. The summed E-state index contributed by atoms with van der Waals surface area (Å²) in [7, 11) is 0. The van der Waals surface area contributed by atoms with Crippen LogP contribution in [0.5, 0.6) is 0 Å². The van der Waals surface area contributed by atoms with Crippen molar-refractivity contribution >= 4 is 72.1 Å². The largest absolute Gasteiger partial charge is 0.382 e. The van der Waals surface area contributed by atoms with Gasteiger partial charge in [0.25, 0.3) is 0 Å². The number of hydrogen-bond acceptors (Lipinski definition) is 7. The lowest BCUT2D eigenvalue weighted by Crippen LogP contribution is -2.13. The van der Waals surface area contributed by atoms with Gasteiger partial charge in [-0.1, -0.05) is 136 Å². The van der Waals surface area contributed by atoms with E-state index in [2.05, 4.69) is 116 Å². The zero-order chi connectivity index (χ0) is 40.8. The fraction of sp³-hybridized carbons (Fsp3) is 0.208. The van der Waals surface area contributed by atoms with Crippen molar-refractivity contribution in [2.24, 2.45) is 36.6 Å². The molecule has 1 unspecified atom stereocenters. The van der Waals surface area contributed by atoms with Gasteiger partial charge in [-0.05, 0) is 103 Å². The molecular weight excluding hydrogens is 735 g/mol. The summed E-state index contributed by atoms with van der Waals surface area (Å²) in [6, 6.07) is 54.4. The van der Waals surface area contributed by atoms with E-state index in [1.807, 2.05) is 72.8 Å². The van der Waals surface area contributed by atoms with Crippen LogP contribution in [-0.2, 0) is 0 Å². The second-order valence-corrected chi connectivity index (χ2v) is 16.2. The number of benzene rings is 8. The molecule has 1 atom stereocenters. The lowest BCUT2D eigenvalue weighted by molar-refractivity contribution is 0.348. The van der Waals surface area contributed by atoms with Crippen molar-refractivity contribution in [1.82, 2.24) is 0 Å². The minimum atomic E-state index is 0.372. The summed E-state index contributed by atoms with van der Waals surface area (Å²) in [6.45, 7) is 6.76. The zero-order valence-corrected chi connectivity index (χ0v) is 34.5. The minimum Gasteiger partial charge on any atom is -0.382 e. The number of nitrogens with one attached hydrogen (secondary N) is 1. The van der Waals surface area contributed by atoms with Crippen molar-refractivity contribution < 1.29 is 0 Å². The molecule has 0 aromatic heterocycles. The van der Waals surface area contributed by atoms with Crippen molar-refractivity contribution in [3.63, 3.8) is 0 Å². The molecule has 0 aliphatic heterocycles. The molecular formula is C53H49N7. The molecule has 60 heavy (non-hydrogen) atoms. The smallest absolute Gasteiger partial charge is 0.0936 e. The standard InChI is InChI=1S/C53H49N7/c1-4-36(3)54-48-29-30-50(43-12-6-5-11-42(43)48)57-58-52-33-34-53(47-16-10-9-15-46(47)52)60-59-51-32-31-49(44-13-7-8-14-45(44)51)56-55-41-27-25-40(26-28-41)39-23-21-38(22-24-39)37-19-17-35(2)18-20-37/h5-16,21-37,54H,4,17-20H2,1-3H3/b56-55?,58-57?,60-59+. The predicted molar refractivity (Wildman–Crippen MR) is 250 cm³/mol. The minimum absolute atomic E-state index is 0.372. The third kappa shape index (κ3) is 8.34. The van der Waals surface area contributed by atoms with Crippen molar-refractivity contribution in [1.29, 1.82) is 0 Å². The van der Waals surface area contributed by atoms with E-state index in [9.17, 15) is 0 Å². The van der Waals surface area contributed by atoms with Gasteiger partial charge >= 0.3 is 0 Å². The summed E-state index contributed by atoms with van der Waals surface area (Å²) in [6.07, 6.45) is 6.32. The first-order valence-corrected chi connectivity index (χ1v) is 21.3. The highest BCUT2D eigenvalue weighted by Crippen LogP contribution is 2.40. The second-order valence-electron chi connectivity index (χ2n) is 16.2. The van der Waals surface area contributed by atoms with Gasteiger partial charge in [0.2, 0.25) is 0 Å². The molecule has 1 saturated carbocycles. The summed E-state index contributed by atoms with van der Waals surface area (Å²) >= 11 is 0. The van der Waals surface area contributed by atoms with Gasteiger partial charge in [0, 0.05) is 44.0 Å². The summed E-state index contributed by atoms with van der Waals surface area (Å²) in [5.41, 5.74) is 9.64. The number of azo groups is 3. The van der Waals surface area contributed by atoms with E-state index in [1.165, 1.54) is 42.4 Å². The van der Waals surface area contributed by atoms with E-state index in [0.717, 1.165) is 84.5 Å². The van der Waals surface area contributed by atoms with Crippen LogP contribution in [0.25, 0.3) is 43.4 Å². The van der Waals surface area contributed by atoms with E-state index >= 15 is 0 Å². The van der Waals surface area contributed by atoms with Gasteiger partial charge in [-0.3, -0.25) is 0 Å². The molecule has 0 heterocycles. The fourth-order valence-corrected chi connectivity index (χ4v) is 8.34. The fourth-order valence-electron chi connectivity index (χ4n) is 8.34. The summed E-state index contributed by atoms with van der Waals surface area (Å²) in [5.74, 6) is 1.56. The van der Waals surface area contributed by atoms with Crippen molar-refractivity contribution in [2.75, 3.05) is 5.32 Å². The quantitative estimate of drug-likeness (QED) is 0.130. The number of fused-ring (bicyclic) bond motifs is 3. The Bertz CT molecular complexity index is 2870. The van der Waals surface area contributed by atoms with Gasteiger partial charge in [-0.25, -0.2) is 0 Å². The van der Waals surface area contributed by atoms with Gasteiger partial charge in [0.15, 0.2) is 0 Å². The number of nitrogens with zero attached hydrogens (tertiary/aromatic N) is 6. The Morgan fingerprint density at radius 2 is 0.833 bits per heavy atom. The maximum absolute atomic E-state index is 4.77. The highest BCUT2D eigenvalue weighted by atomic mass is 15.1. The molecule has 9 rings (SSSR count). The Morgan fingerprint density at radius 1 is 0.450 bits per heavy atom. The van der Waals surface area contributed by atoms with Crippen LogP contribution in [-0.4, -0.2) is 6.04 Å². The van der Waals surface area contributed by atoms with Gasteiger partial charge in [-0.15, -0.1) is 25.6 Å². The van der Waals surface area contributed by atoms with Gasteiger partial charge in [0.1, 0.15) is 0 Å². The van der Waals surface area contributed by atoms with E-state index in [1.54, 1.807) is 0 Å². The molecule has 0 radical (unpaired) electrons. The highest BCUT2D eigenvalue weighted by molar-refractivity contribution is 6.02. The molecule has 1 N–H and O–H groups in total. The van der Waals surface area contributed by atoms with E-state index in [0.29, 0.717) is 12.0 Å². The first-order valence-electron chi connectivity index (χ1n) is 21.3. The molecule has 1 aliphatic rings. The Labute approximate surface area is 352 Å². The third-order valence-corrected chi connectivity index (χ3v) is 12.1. The van der Waals surface area contributed by atoms with E-state index in [-0.39, 0.29) is 0 Å². The Kier molecular flexibility index (Phi) is 11.3. The normalized spacial score (nSPS) is 16.4. The molecule has 8 aromatic carbocycles. The van der Waals surface area contributed by atoms with Crippen LogP contribution in [0.4, 0.5) is 39.8 Å². The van der Waals surface area contributed by atoms with Crippen molar-refractivity contribution in [3.05, 3.63) is 163 Å². The average Bonchev–Trinajstić information content (AvgIpc) is 3.30. The molecule has 0 amide bonds. The van der Waals surface area contributed by atoms with Gasteiger partial charge in [0.05, 0.1) is 34.1 Å². The van der Waals surface area contributed by atoms with E-state index in [4.69, 9.17) is 25.6 Å². The van der Waals surface area contributed by atoms with Crippen molar-refractivity contribution in [3.8, 4) is 11.1 Å². The monoisotopic (exact) mass is 783 g/mol. The average molecular weight is 784 g/mol. The number of rotatable bonds is 11. The van der Waals surface area contributed by atoms with Crippen LogP contribution in [0.3, 0.4) is 0 Å². The van der Waals surface area contributed by atoms with Crippen molar-refractivity contribution in [2.45, 2.75) is 64.8 Å². The lowest BCUT2D eigenvalue weighted by atomic mass is 9.79. The Hall–Kier alpha value is -6.86. The first-order chi connectivity index (χ1) is 29.5. The molecule has 1 aliphatic carbocycles. The Balaban J connectivity index is 0.928. The highest BCUT2D eigenvalue weighted by Gasteiger charge is 2.19. The summed E-state index contributed by atoms with van der Waals surface area (Å²) < 4.78 is 0. The van der Waals surface area contributed by atoms with Gasteiger partial charge < -0.3 is 5.32 Å². The molecule has 1 fully saturated rings. The molecule has 0 bridgehead atoms. The molecule has 296 valence electrons. The maximum atomic E-state index is 4.77. The SMILES string of the molecule is CCC(C)Nc1ccc(N=Nc2ccc(/N=N/c3ccc(N=Nc4ccc(-c5ccc(C6CCC(C)CC6)cc5)cc4)c4ccccc34)c3ccccc23)c2ccccc12. The predicted octanol–water partition coefficient (Wildman–Crippen LogP) is 17.6. The molecule has 8 aromatic rings. The van der Waals surface area contributed by atoms with Crippen LogP contribution in [0, 0.1) is 5.92 Å². The molecule has 0 saturated heterocycles. The third-order valence-electron chi connectivity index (χ3n) is 12.1. The van der Waals surface area contributed by atoms with Crippen LogP contribution in [0.15, 0.2) is 188 Å². The van der Waals surface area contributed by atoms with Gasteiger partial charge in [-0.2, -0.15) is 5.11 Å². The lowest BCUT2D eigenvalue weighted by Gasteiger charge is -2.26.